The molecule has 0 aliphatic carbocycles. The van der Waals surface area contributed by atoms with Crippen LogP contribution >= 0.6 is 0 Å². The van der Waals surface area contributed by atoms with Gasteiger partial charge in [0.25, 0.3) is 0 Å². The Bertz CT molecular complexity index is 1410. The van der Waals surface area contributed by atoms with Crippen molar-refractivity contribution in [2.75, 3.05) is 23.8 Å². The van der Waals surface area contributed by atoms with E-state index in [1.54, 1.807) is 6.92 Å². The third kappa shape index (κ3) is 5.43. The summed E-state index contributed by atoms with van der Waals surface area (Å²) in [6, 6.07) is 2.82. The van der Waals surface area contributed by atoms with Gasteiger partial charge in [0.1, 0.15) is 17.5 Å². The fourth-order valence-electron chi connectivity index (χ4n) is 5.58. The van der Waals surface area contributed by atoms with E-state index in [2.05, 4.69) is 49.8 Å². The summed E-state index contributed by atoms with van der Waals surface area (Å²) in [6.07, 6.45) is 4.34. The molecule has 5 rings (SSSR count). The molecule has 12 nitrogen and oxygen atoms in total. The van der Waals surface area contributed by atoms with Gasteiger partial charge < -0.3 is 20.5 Å². The first-order valence-electron chi connectivity index (χ1n) is 13.0. The molecule has 14 heteroatoms. The van der Waals surface area contributed by atoms with Gasteiger partial charge in [0.05, 0.1) is 18.5 Å². The molecule has 3 N–H and O–H groups in total. The fourth-order valence-corrected chi connectivity index (χ4v) is 5.58. The van der Waals surface area contributed by atoms with Crippen LogP contribution in [0.15, 0.2) is 23.1 Å². The van der Waals surface area contributed by atoms with Crippen LogP contribution in [0, 0.1) is 11.6 Å². The molecule has 1 aromatic carbocycles. The SMILES string of the molecule is C[C@H](CO)Oc1cc(F)c(Nc2ncc(F)c(N[C@@H]3C[C@@H]4CCCN4C(C)(C)C3)n2)cc1-n1nnn(C)c1=O. The molecule has 2 aliphatic rings. The first kappa shape index (κ1) is 26.9. The van der Waals surface area contributed by atoms with Crippen molar-refractivity contribution in [3.63, 3.8) is 0 Å². The van der Waals surface area contributed by atoms with E-state index in [4.69, 9.17) is 4.74 Å². The molecule has 2 saturated heterocycles. The number of piperidine rings is 1. The van der Waals surface area contributed by atoms with E-state index in [1.165, 1.54) is 13.1 Å². The molecule has 0 unspecified atom stereocenters. The molecule has 0 saturated carbocycles. The standard InChI is InChI=1S/C25H33F2N9O3/c1-14(13-37)39-21-9-17(26)19(10-20(21)36-24(38)34(4)32-33-36)30-23-28-12-18(27)22(31-23)29-15-8-16-6-5-7-35(16)25(2,3)11-15/h9-10,12,14-16,37H,5-8,11,13H2,1-4H3,(H2,28,29,30,31)/t14-,15-,16+/m1/s1. The highest BCUT2D eigenvalue weighted by Crippen LogP contribution is 2.38. The van der Waals surface area contributed by atoms with E-state index in [1.807, 2.05) is 0 Å². The number of aryl methyl sites for hydroxylation is 1. The van der Waals surface area contributed by atoms with Gasteiger partial charge in [-0.15, -0.1) is 0 Å². The van der Waals surface area contributed by atoms with Crippen LogP contribution in [-0.4, -0.2) is 76.6 Å². The molecule has 0 spiro atoms. The molecule has 0 amide bonds. The second kappa shape index (κ2) is 10.5. The molecular weight excluding hydrogens is 512 g/mol. The molecule has 210 valence electrons. The van der Waals surface area contributed by atoms with Crippen LogP contribution in [-0.2, 0) is 7.05 Å². The quantitative estimate of drug-likeness (QED) is 0.387. The number of tetrazole rings is 1. The number of halogens is 2. The average Bonchev–Trinajstić information content (AvgIpc) is 3.49. The molecular formula is C25H33F2N9O3. The number of ether oxygens (including phenoxy) is 1. The van der Waals surface area contributed by atoms with E-state index in [0.29, 0.717) is 6.04 Å². The van der Waals surface area contributed by atoms with Crippen molar-refractivity contribution < 1.29 is 18.6 Å². The number of nitrogens with one attached hydrogen (secondary N) is 2. The maximum Gasteiger partial charge on any atom is 0.368 e. The summed E-state index contributed by atoms with van der Waals surface area (Å²) in [5, 5.41) is 22.9. The van der Waals surface area contributed by atoms with Crippen molar-refractivity contribution in [3.8, 4) is 11.4 Å². The molecule has 0 bridgehead atoms. The molecule has 2 aliphatic heterocycles. The van der Waals surface area contributed by atoms with Crippen LogP contribution in [0.5, 0.6) is 5.75 Å². The van der Waals surface area contributed by atoms with Gasteiger partial charge in [0, 0.05) is 30.7 Å². The predicted molar refractivity (Wildman–Crippen MR) is 139 cm³/mol. The minimum Gasteiger partial charge on any atom is -0.486 e. The highest BCUT2D eigenvalue weighted by Gasteiger charge is 2.43. The number of benzene rings is 1. The number of fused-ring (bicyclic) bond motifs is 1. The number of aliphatic hydroxyl groups is 1. The summed E-state index contributed by atoms with van der Waals surface area (Å²) >= 11 is 0. The van der Waals surface area contributed by atoms with Crippen LogP contribution in [0.3, 0.4) is 0 Å². The Morgan fingerprint density at radius 1 is 1.26 bits per heavy atom. The zero-order valence-electron chi connectivity index (χ0n) is 22.4. The number of nitrogens with zero attached hydrogens (tertiary/aromatic N) is 7. The number of anilines is 3. The van der Waals surface area contributed by atoms with Crippen LogP contribution in [0.2, 0.25) is 0 Å². The van der Waals surface area contributed by atoms with Crippen molar-refractivity contribution in [2.24, 2.45) is 7.05 Å². The van der Waals surface area contributed by atoms with Crippen molar-refractivity contribution in [1.29, 1.82) is 0 Å². The van der Waals surface area contributed by atoms with Crippen molar-refractivity contribution in [2.45, 2.75) is 70.2 Å². The van der Waals surface area contributed by atoms with Gasteiger partial charge in [-0.3, -0.25) is 4.90 Å². The highest BCUT2D eigenvalue weighted by atomic mass is 19.1. The lowest BCUT2D eigenvalue weighted by Crippen LogP contribution is -2.55. The van der Waals surface area contributed by atoms with Gasteiger partial charge in [0.15, 0.2) is 17.5 Å². The first-order chi connectivity index (χ1) is 18.6. The van der Waals surface area contributed by atoms with E-state index in [9.17, 15) is 14.3 Å². The fraction of sp³-hybridized carbons (Fsp3) is 0.560. The Morgan fingerprint density at radius 2 is 2.05 bits per heavy atom. The molecule has 39 heavy (non-hydrogen) atoms. The highest BCUT2D eigenvalue weighted by molar-refractivity contribution is 5.63. The first-order valence-corrected chi connectivity index (χ1v) is 13.0. The maximum absolute atomic E-state index is 15.2. The predicted octanol–water partition coefficient (Wildman–Crippen LogP) is 2.35. The van der Waals surface area contributed by atoms with Crippen LogP contribution in [0.4, 0.5) is 26.2 Å². The van der Waals surface area contributed by atoms with Gasteiger partial charge in [-0.25, -0.2) is 18.6 Å². The Labute approximate surface area is 224 Å². The van der Waals surface area contributed by atoms with Gasteiger partial charge in [0.2, 0.25) is 5.95 Å². The lowest BCUT2D eigenvalue weighted by molar-refractivity contribution is 0.0500. The summed E-state index contributed by atoms with van der Waals surface area (Å²) in [5.74, 6) is -1.38. The van der Waals surface area contributed by atoms with E-state index in [0.717, 1.165) is 53.9 Å². The lowest BCUT2D eigenvalue weighted by Gasteiger charge is -2.47. The molecule has 2 fully saturated rings. The van der Waals surface area contributed by atoms with Crippen molar-refractivity contribution in [3.05, 3.63) is 40.4 Å². The van der Waals surface area contributed by atoms with E-state index >= 15 is 4.39 Å². The third-order valence-corrected chi connectivity index (χ3v) is 7.37. The summed E-state index contributed by atoms with van der Waals surface area (Å²) < 4.78 is 37.5. The Kier molecular flexibility index (Phi) is 7.25. The minimum absolute atomic E-state index is 0.0169. The molecule has 2 aromatic heterocycles. The zero-order valence-corrected chi connectivity index (χ0v) is 22.4. The van der Waals surface area contributed by atoms with Crippen LogP contribution in [0.25, 0.3) is 5.69 Å². The van der Waals surface area contributed by atoms with Gasteiger partial charge in [-0.05, 0) is 69.5 Å². The van der Waals surface area contributed by atoms with Crippen molar-refractivity contribution in [1.82, 2.24) is 34.7 Å². The summed E-state index contributed by atoms with van der Waals surface area (Å²) in [6.45, 7) is 6.76. The van der Waals surface area contributed by atoms with Gasteiger partial charge in [-0.1, -0.05) is 0 Å². The monoisotopic (exact) mass is 545 g/mol. The van der Waals surface area contributed by atoms with Crippen LogP contribution in [0.1, 0.15) is 46.5 Å². The lowest BCUT2D eigenvalue weighted by atomic mass is 9.84. The van der Waals surface area contributed by atoms with Gasteiger partial charge in [-0.2, -0.15) is 14.3 Å². The zero-order chi connectivity index (χ0) is 27.9. The second-order valence-electron chi connectivity index (χ2n) is 10.8. The Hall–Kier alpha value is -3.65. The van der Waals surface area contributed by atoms with E-state index < -0.39 is 23.4 Å². The topological polar surface area (TPSA) is 135 Å². The largest absolute Gasteiger partial charge is 0.486 e. The smallest absolute Gasteiger partial charge is 0.368 e. The van der Waals surface area contributed by atoms with Crippen molar-refractivity contribution >= 4 is 17.5 Å². The number of hydrogen-bond donors (Lipinski definition) is 3. The minimum atomic E-state index is -0.742. The molecule has 3 atom stereocenters. The summed E-state index contributed by atoms with van der Waals surface area (Å²) in [7, 11) is 1.42. The number of aliphatic hydroxyl groups excluding tert-OH is 1. The summed E-state index contributed by atoms with van der Waals surface area (Å²) in [4.78, 5) is 23.3. The number of aromatic nitrogens is 6. The Balaban J connectivity index is 1.42. The molecule has 3 aromatic rings. The second-order valence-corrected chi connectivity index (χ2v) is 10.8. The third-order valence-electron chi connectivity index (χ3n) is 7.37. The molecule has 4 heterocycles. The van der Waals surface area contributed by atoms with Crippen LogP contribution < -0.4 is 21.1 Å². The normalized spacial score (nSPS) is 21.4. The maximum atomic E-state index is 15.2. The Morgan fingerprint density at radius 3 is 2.77 bits per heavy atom. The summed E-state index contributed by atoms with van der Waals surface area (Å²) in [5.41, 5.74) is -0.612. The van der Waals surface area contributed by atoms with E-state index in [-0.39, 0.29) is 47.1 Å². The number of rotatable bonds is 8. The number of hydrogen-bond acceptors (Lipinski definition) is 10. The average molecular weight is 546 g/mol. The van der Waals surface area contributed by atoms with Gasteiger partial charge >= 0.3 is 5.69 Å². The molecule has 0 radical (unpaired) electrons.